The molecular formula is C30H44Br2N4O4Si. The van der Waals surface area contributed by atoms with Gasteiger partial charge in [0, 0.05) is 35.2 Å². The van der Waals surface area contributed by atoms with Gasteiger partial charge in [0.25, 0.3) is 0 Å². The highest BCUT2D eigenvalue weighted by atomic mass is 79.9. The number of aromatic nitrogens is 4. The second-order valence-electron chi connectivity index (χ2n) is 11.2. The minimum atomic E-state index is -1.80. The summed E-state index contributed by atoms with van der Waals surface area (Å²) in [6.07, 6.45) is 0. The Morgan fingerprint density at radius 2 is 1.27 bits per heavy atom. The van der Waals surface area contributed by atoms with Crippen LogP contribution in [-0.4, -0.2) is 59.0 Å². The molecule has 0 saturated carbocycles. The predicted molar refractivity (Wildman–Crippen MR) is 176 cm³/mol. The molecule has 0 bridgehead atoms. The van der Waals surface area contributed by atoms with E-state index in [2.05, 4.69) is 81.3 Å². The maximum atomic E-state index is 9.31. The second-order valence-corrected chi connectivity index (χ2v) is 17.9. The number of fused-ring (bicyclic) bond motifs is 2. The van der Waals surface area contributed by atoms with Crippen LogP contribution < -0.4 is 0 Å². The fourth-order valence-electron chi connectivity index (χ4n) is 4.08. The lowest BCUT2D eigenvalue weighted by atomic mass is 10.2. The minimum absolute atomic E-state index is 0.0571. The van der Waals surface area contributed by atoms with Gasteiger partial charge >= 0.3 is 0 Å². The van der Waals surface area contributed by atoms with Crippen molar-refractivity contribution in [1.29, 1.82) is 0 Å². The number of nitrogens with zero attached hydrogens (tertiary/aromatic N) is 4. The molecule has 2 heterocycles. The lowest BCUT2D eigenvalue weighted by Crippen LogP contribution is -2.40. The van der Waals surface area contributed by atoms with Crippen LogP contribution in [0.5, 0.6) is 0 Å². The van der Waals surface area contributed by atoms with E-state index < -0.39 is 8.32 Å². The lowest BCUT2D eigenvalue weighted by Gasteiger charge is -2.36. The van der Waals surface area contributed by atoms with E-state index in [1.165, 1.54) is 0 Å². The zero-order valence-electron chi connectivity index (χ0n) is 25.3. The molecule has 4 rings (SSSR count). The SMILES string of the molecule is CCOCCn1c(CO)nc2ccc(Br)cc21.CCOCCn1c(CO[Si](C)(C)C(C)(C)C)nc2ccc(Br)cc21. The van der Waals surface area contributed by atoms with Gasteiger partial charge in [0.05, 0.1) is 41.9 Å². The molecule has 11 heteroatoms. The minimum Gasteiger partial charge on any atom is -0.409 e. The molecule has 0 radical (unpaired) electrons. The number of aliphatic hydroxyl groups excluding tert-OH is 1. The number of benzene rings is 2. The molecule has 0 atom stereocenters. The molecule has 0 saturated heterocycles. The first-order chi connectivity index (χ1) is 19.4. The summed E-state index contributed by atoms with van der Waals surface area (Å²) in [5.74, 6) is 1.66. The van der Waals surface area contributed by atoms with E-state index >= 15 is 0 Å². The molecular weight excluding hydrogens is 668 g/mol. The van der Waals surface area contributed by atoms with Crippen molar-refractivity contribution in [3.63, 3.8) is 0 Å². The molecule has 0 spiro atoms. The van der Waals surface area contributed by atoms with Crippen LogP contribution in [0, 0.1) is 0 Å². The Morgan fingerprint density at radius 1 is 0.805 bits per heavy atom. The van der Waals surface area contributed by atoms with Gasteiger partial charge in [-0.3, -0.25) is 0 Å². The summed E-state index contributed by atoms with van der Waals surface area (Å²) < 4.78 is 23.6. The number of halogens is 2. The van der Waals surface area contributed by atoms with Crippen molar-refractivity contribution in [2.75, 3.05) is 26.4 Å². The highest BCUT2D eigenvalue weighted by Crippen LogP contribution is 2.37. The molecule has 0 fully saturated rings. The fraction of sp³-hybridized carbons (Fsp3) is 0.533. The summed E-state index contributed by atoms with van der Waals surface area (Å²) in [6.45, 7) is 20.0. The normalized spacial score (nSPS) is 12.2. The lowest BCUT2D eigenvalue weighted by molar-refractivity contribution is 0.137. The van der Waals surface area contributed by atoms with Gasteiger partial charge < -0.3 is 28.1 Å². The van der Waals surface area contributed by atoms with Gasteiger partial charge in [0.2, 0.25) is 0 Å². The molecule has 2 aromatic heterocycles. The molecule has 41 heavy (non-hydrogen) atoms. The number of rotatable bonds is 12. The van der Waals surface area contributed by atoms with Crippen LogP contribution >= 0.6 is 31.9 Å². The Kier molecular flexibility index (Phi) is 12.6. The van der Waals surface area contributed by atoms with Gasteiger partial charge in [-0.25, -0.2) is 9.97 Å². The first kappa shape index (κ1) is 33.9. The Bertz CT molecular complexity index is 1420. The van der Waals surface area contributed by atoms with E-state index in [1.807, 2.05) is 48.7 Å². The first-order valence-corrected chi connectivity index (χ1v) is 18.6. The average molecular weight is 713 g/mol. The van der Waals surface area contributed by atoms with Gasteiger partial charge in [-0.1, -0.05) is 52.6 Å². The van der Waals surface area contributed by atoms with E-state index in [0.29, 0.717) is 38.8 Å². The standard InChI is InChI=1S/C18H29BrN2O2Si.C12H15BrN2O2/c1-7-22-11-10-21-16-12-14(19)8-9-15(16)20-17(21)13-23-24(5,6)18(2,3)4;1-2-17-6-5-15-11-7-9(13)3-4-10(11)14-12(15)8-16/h8-9,12H,7,10-11,13H2,1-6H3;3-4,7,16H,2,5-6,8H2,1H3. The average Bonchev–Trinajstić information content (AvgIpc) is 3.44. The van der Waals surface area contributed by atoms with Gasteiger partial charge in [0.15, 0.2) is 8.32 Å². The van der Waals surface area contributed by atoms with Crippen molar-refractivity contribution < 1.29 is 19.0 Å². The molecule has 0 amide bonds. The topological polar surface area (TPSA) is 83.6 Å². The number of hydrogen-bond acceptors (Lipinski definition) is 6. The smallest absolute Gasteiger partial charge is 0.192 e. The highest BCUT2D eigenvalue weighted by Gasteiger charge is 2.37. The van der Waals surface area contributed by atoms with Crippen LogP contribution in [0.25, 0.3) is 22.1 Å². The fourth-order valence-corrected chi connectivity index (χ4v) is 5.70. The number of aliphatic hydroxyl groups is 1. The maximum absolute atomic E-state index is 9.31. The second kappa shape index (κ2) is 15.2. The molecule has 4 aromatic rings. The van der Waals surface area contributed by atoms with Crippen LogP contribution in [0.1, 0.15) is 46.3 Å². The molecule has 0 aliphatic carbocycles. The van der Waals surface area contributed by atoms with E-state index in [9.17, 15) is 5.11 Å². The first-order valence-electron chi connectivity index (χ1n) is 14.1. The van der Waals surface area contributed by atoms with Crippen LogP contribution in [0.3, 0.4) is 0 Å². The molecule has 0 aliphatic heterocycles. The van der Waals surface area contributed by atoms with E-state index in [0.717, 1.165) is 50.0 Å². The van der Waals surface area contributed by atoms with Crippen molar-refractivity contribution in [2.45, 2.75) is 79.1 Å². The zero-order valence-corrected chi connectivity index (χ0v) is 29.5. The summed E-state index contributed by atoms with van der Waals surface area (Å²) in [5.41, 5.74) is 4.04. The Balaban J connectivity index is 0.000000239. The van der Waals surface area contributed by atoms with E-state index in [4.69, 9.17) is 18.9 Å². The summed E-state index contributed by atoms with van der Waals surface area (Å²) in [7, 11) is -1.80. The number of imidazole rings is 2. The van der Waals surface area contributed by atoms with Gasteiger partial charge in [-0.15, -0.1) is 0 Å². The molecule has 2 aromatic carbocycles. The number of hydrogen-bond donors (Lipinski definition) is 1. The Morgan fingerprint density at radius 3 is 1.71 bits per heavy atom. The third-order valence-electron chi connectivity index (χ3n) is 7.42. The molecule has 0 aliphatic rings. The highest BCUT2D eigenvalue weighted by molar-refractivity contribution is 9.10. The summed E-state index contributed by atoms with van der Waals surface area (Å²) in [6, 6.07) is 12.1. The number of ether oxygens (including phenoxy) is 2. The van der Waals surface area contributed by atoms with E-state index in [1.54, 1.807) is 0 Å². The monoisotopic (exact) mass is 710 g/mol. The van der Waals surface area contributed by atoms with Crippen molar-refractivity contribution in [1.82, 2.24) is 19.1 Å². The molecule has 226 valence electrons. The quantitative estimate of drug-likeness (QED) is 0.120. The molecule has 8 nitrogen and oxygen atoms in total. The third-order valence-corrected chi connectivity index (χ3v) is 12.9. The summed E-state index contributed by atoms with van der Waals surface area (Å²) >= 11 is 7.00. The predicted octanol–water partition coefficient (Wildman–Crippen LogP) is 7.68. The van der Waals surface area contributed by atoms with Crippen molar-refractivity contribution in [2.24, 2.45) is 0 Å². The van der Waals surface area contributed by atoms with Crippen molar-refractivity contribution in [3.8, 4) is 0 Å². The van der Waals surface area contributed by atoms with Crippen molar-refractivity contribution in [3.05, 3.63) is 57.0 Å². The van der Waals surface area contributed by atoms with Crippen LogP contribution in [0.4, 0.5) is 0 Å². The Labute approximate surface area is 261 Å². The maximum Gasteiger partial charge on any atom is 0.192 e. The van der Waals surface area contributed by atoms with Crippen LogP contribution in [0.2, 0.25) is 18.1 Å². The van der Waals surface area contributed by atoms with Gasteiger partial charge in [-0.05, 0) is 68.4 Å². The Hall–Kier alpha value is -1.60. The molecule has 0 unspecified atom stereocenters. The van der Waals surface area contributed by atoms with Gasteiger partial charge in [-0.2, -0.15) is 0 Å². The van der Waals surface area contributed by atoms with Crippen LogP contribution in [-0.2, 0) is 40.2 Å². The summed E-state index contributed by atoms with van der Waals surface area (Å²) in [5, 5.41) is 9.50. The van der Waals surface area contributed by atoms with Crippen LogP contribution in [0.15, 0.2) is 45.3 Å². The zero-order chi connectivity index (χ0) is 30.2. The third kappa shape index (κ3) is 8.95. The van der Waals surface area contributed by atoms with Gasteiger partial charge in [0.1, 0.15) is 18.3 Å². The largest absolute Gasteiger partial charge is 0.409 e. The molecule has 1 N–H and O–H groups in total. The summed E-state index contributed by atoms with van der Waals surface area (Å²) in [4.78, 5) is 9.19. The van der Waals surface area contributed by atoms with Crippen molar-refractivity contribution >= 4 is 62.2 Å². The van der Waals surface area contributed by atoms with E-state index in [-0.39, 0.29) is 11.6 Å².